The molecule has 0 aromatic carbocycles. The van der Waals surface area contributed by atoms with Crippen molar-refractivity contribution in [1.29, 1.82) is 0 Å². The highest BCUT2D eigenvalue weighted by Crippen LogP contribution is 2.89. The maximum Gasteiger partial charge on any atom is 0.0898 e. The van der Waals surface area contributed by atoms with Crippen molar-refractivity contribution in [2.45, 2.75) is 20.1 Å². The molecule has 1 N–H and O–H groups in total. The summed E-state index contributed by atoms with van der Waals surface area (Å²) in [5, 5.41) is 11.0. The van der Waals surface area contributed by atoms with Gasteiger partial charge in [-0.25, -0.2) is 0 Å². The normalized spacial score (nSPS) is 79.2. The molecule has 0 saturated heterocycles. The van der Waals surface area contributed by atoms with E-state index < -0.39 is 5.60 Å². The summed E-state index contributed by atoms with van der Waals surface area (Å²) in [4.78, 5) is 0.363. The molecule has 0 aromatic heterocycles. The highest BCUT2D eigenvalue weighted by atomic mass is 79.9. The van der Waals surface area contributed by atoms with Gasteiger partial charge in [-0.3, -0.25) is 0 Å². The van der Waals surface area contributed by atoms with E-state index in [0.29, 0.717) is 22.6 Å². The van der Waals surface area contributed by atoms with Crippen LogP contribution in [0, 0.1) is 41.4 Å². The highest BCUT2D eigenvalue weighted by molar-refractivity contribution is 9.25. The molecule has 0 amide bonds. The van der Waals surface area contributed by atoms with Gasteiger partial charge < -0.3 is 5.11 Å². The van der Waals surface area contributed by atoms with Gasteiger partial charge in [0.2, 0.25) is 0 Å². The van der Waals surface area contributed by atoms with Crippen LogP contribution in [0.5, 0.6) is 0 Å². The molecule has 15 heavy (non-hydrogen) atoms. The molecule has 0 spiro atoms. The van der Waals surface area contributed by atoms with E-state index in [2.05, 4.69) is 47.8 Å². The van der Waals surface area contributed by atoms with Crippen LogP contribution in [0.3, 0.4) is 0 Å². The maximum absolute atomic E-state index is 11.0. The first-order valence-electron chi connectivity index (χ1n) is 5.75. The topological polar surface area (TPSA) is 20.2 Å². The molecule has 82 valence electrons. The lowest BCUT2D eigenvalue weighted by Crippen LogP contribution is -2.46. The second kappa shape index (κ2) is 2.17. The number of rotatable bonds is 0. The lowest BCUT2D eigenvalue weighted by molar-refractivity contribution is -0.0514. The average Bonchev–Trinajstić information content (AvgIpc) is 2.81. The molecule has 0 aromatic rings. The molecule has 0 heterocycles. The third kappa shape index (κ3) is 0.609. The van der Waals surface area contributed by atoms with Crippen LogP contribution >= 0.6 is 47.8 Å². The molecule has 6 aliphatic carbocycles. The molecular weight excluding hydrogens is 388 g/mol. The van der Waals surface area contributed by atoms with Crippen molar-refractivity contribution in [1.82, 2.24) is 0 Å². The van der Waals surface area contributed by atoms with Gasteiger partial charge in [-0.05, 0) is 41.9 Å². The lowest BCUT2D eigenvalue weighted by atomic mass is 9.69. The third-order valence-corrected chi connectivity index (χ3v) is 9.73. The molecule has 6 bridgehead atoms. The van der Waals surface area contributed by atoms with Crippen LogP contribution < -0.4 is 0 Å². The van der Waals surface area contributed by atoms with Gasteiger partial charge in [-0.1, -0.05) is 47.8 Å². The molecule has 6 fully saturated rings. The molecule has 0 unspecified atom stereocenters. The molecule has 6 rings (SSSR count). The summed E-state index contributed by atoms with van der Waals surface area (Å²) in [5.41, 5.74) is -0.412. The second-order valence-corrected chi connectivity index (χ2v) is 10.9. The van der Waals surface area contributed by atoms with Gasteiger partial charge in [0.05, 0.1) is 8.83 Å². The largest absolute Gasteiger partial charge is 0.388 e. The Balaban J connectivity index is 1.88. The van der Waals surface area contributed by atoms with Gasteiger partial charge in [0.1, 0.15) is 0 Å². The fourth-order valence-corrected chi connectivity index (χ4v) is 10.4. The van der Waals surface area contributed by atoms with E-state index in [0.717, 1.165) is 23.7 Å². The summed E-state index contributed by atoms with van der Waals surface area (Å²) >= 11 is 11.6. The zero-order chi connectivity index (χ0) is 10.3. The SMILES string of the molecule is O[C@]12[C@@H]3[C@H]4C[C@@H]5[C@@H]([C@@H]4[C@@H]1Br)[C@@H]2C(Br)(Br)[C@@H]53. The van der Waals surface area contributed by atoms with Crippen molar-refractivity contribution in [2.24, 2.45) is 41.4 Å². The Morgan fingerprint density at radius 3 is 2.40 bits per heavy atom. The minimum Gasteiger partial charge on any atom is -0.388 e. The van der Waals surface area contributed by atoms with E-state index in [-0.39, 0.29) is 3.23 Å². The Morgan fingerprint density at radius 1 is 1.07 bits per heavy atom. The van der Waals surface area contributed by atoms with Crippen LogP contribution in [0.1, 0.15) is 6.42 Å². The third-order valence-electron chi connectivity index (χ3n) is 6.34. The van der Waals surface area contributed by atoms with Crippen molar-refractivity contribution < 1.29 is 5.11 Å². The Kier molecular flexibility index (Phi) is 1.35. The maximum atomic E-state index is 11.0. The summed E-state index contributed by atoms with van der Waals surface area (Å²) < 4.78 is 0.0424. The van der Waals surface area contributed by atoms with Crippen molar-refractivity contribution in [2.75, 3.05) is 0 Å². The van der Waals surface area contributed by atoms with Crippen molar-refractivity contribution in [3.8, 4) is 0 Å². The van der Waals surface area contributed by atoms with Crippen LogP contribution in [-0.4, -0.2) is 18.8 Å². The molecule has 9 atom stereocenters. The minimum atomic E-state index is -0.412. The molecule has 0 radical (unpaired) electrons. The molecular formula is C11H11Br3O. The van der Waals surface area contributed by atoms with Gasteiger partial charge in [0.25, 0.3) is 0 Å². The van der Waals surface area contributed by atoms with Crippen molar-refractivity contribution in [3.05, 3.63) is 0 Å². The average molecular weight is 399 g/mol. The first kappa shape index (κ1) is 9.35. The van der Waals surface area contributed by atoms with Crippen LogP contribution in [0.4, 0.5) is 0 Å². The highest BCUT2D eigenvalue weighted by Gasteiger charge is 2.91. The monoisotopic (exact) mass is 396 g/mol. The Hall–Kier alpha value is 1.40. The minimum absolute atomic E-state index is 0.0424. The fourth-order valence-electron chi connectivity index (χ4n) is 6.49. The van der Waals surface area contributed by atoms with Crippen LogP contribution in [0.15, 0.2) is 0 Å². The Labute approximate surface area is 114 Å². The molecule has 6 aliphatic rings. The number of hydrogen-bond donors (Lipinski definition) is 1. The van der Waals surface area contributed by atoms with E-state index in [9.17, 15) is 5.11 Å². The van der Waals surface area contributed by atoms with Gasteiger partial charge in [0, 0.05) is 10.7 Å². The van der Waals surface area contributed by atoms with Crippen LogP contribution in [0.2, 0.25) is 0 Å². The number of alkyl halides is 3. The van der Waals surface area contributed by atoms with Crippen LogP contribution in [0.25, 0.3) is 0 Å². The van der Waals surface area contributed by atoms with Crippen molar-refractivity contribution >= 4 is 47.8 Å². The first-order valence-corrected chi connectivity index (χ1v) is 8.25. The summed E-state index contributed by atoms with van der Waals surface area (Å²) in [6.45, 7) is 0. The fraction of sp³-hybridized carbons (Fsp3) is 1.00. The molecule has 1 nitrogen and oxygen atoms in total. The first-order chi connectivity index (χ1) is 7.00. The summed E-state index contributed by atoms with van der Waals surface area (Å²) in [5.74, 6) is 4.93. The Bertz CT molecular complexity index is 395. The van der Waals surface area contributed by atoms with Crippen LogP contribution in [-0.2, 0) is 0 Å². The standard InChI is InChI=1S/C11H11Br3O/c12-9-5-3-1-2-4(5)8-10(9,15)6(3)7(2)11(8,13)14/h2-9,15H,1H2/t2-,3+,4+,5-,6-,7+,8+,9+,10+/m1/s1. The number of halogens is 3. The molecule has 0 aliphatic heterocycles. The van der Waals surface area contributed by atoms with Gasteiger partial charge in [-0.15, -0.1) is 0 Å². The summed E-state index contributed by atoms with van der Waals surface area (Å²) in [6, 6.07) is 0. The van der Waals surface area contributed by atoms with E-state index in [1.54, 1.807) is 0 Å². The van der Waals surface area contributed by atoms with E-state index in [4.69, 9.17) is 0 Å². The molecule has 4 heteroatoms. The smallest absolute Gasteiger partial charge is 0.0898 e. The van der Waals surface area contributed by atoms with Crippen molar-refractivity contribution in [3.63, 3.8) is 0 Å². The van der Waals surface area contributed by atoms with E-state index in [1.807, 2.05) is 0 Å². The quantitative estimate of drug-likeness (QED) is 0.622. The van der Waals surface area contributed by atoms with Gasteiger partial charge in [0.15, 0.2) is 0 Å². The summed E-state index contributed by atoms with van der Waals surface area (Å²) in [7, 11) is 0. The summed E-state index contributed by atoms with van der Waals surface area (Å²) in [6.07, 6.45) is 1.38. The Morgan fingerprint density at radius 2 is 1.73 bits per heavy atom. The molecule has 6 saturated carbocycles. The van der Waals surface area contributed by atoms with E-state index >= 15 is 0 Å². The van der Waals surface area contributed by atoms with E-state index in [1.165, 1.54) is 6.42 Å². The van der Waals surface area contributed by atoms with Gasteiger partial charge >= 0.3 is 0 Å². The predicted molar refractivity (Wildman–Crippen MR) is 67.3 cm³/mol. The van der Waals surface area contributed by atoms with Gasteiger partial charge in [-0.2, -0.15) is 0 Å². The zero-order valence-electron chi connectivity index (χ0n) is 7.91. The zero-order valence-corrected chi connectivity index (χ0v) is 12.7. The second-order valence-electron chi connectivity index (χ2n) is 6.21. The number of hydrogen-bond acceptors (Lipinski definition) is 1. The number of aliphatic hydroxyl groups is 1. The predicted octanol–water partition coefficient (Wildman–Crippen LogP) is 2.74. The lowest BCUT2D eigenvalue weighted by Gasteiger charge is -2.38.